The van der Waals surface area contributed by atoms with Gasteiger partial charge >= 0.3 is 5.97 Å². The monoisotopic (exact) mass is 314 g/mol. The molecule has 0 spiro atoms. The lowest BCUT2D eigenvalue weighted by Gasteiger charge is -2.19. The molecule has 1 aromatic heterocycles. The van der Waals surface area contributed by atoms with Gasteiger partial charge in [0.2, 0.25) is 0 Å². The van der Waals surface area contributed by atoms with Gasteiger partial charge in [-0.05, 0) is 35.2 Å². The molecule has 2 aromatic rings. The number of carbonyl (C=O) groups excluding carboxylic acids is 2. The van der Waals surface area contributed by atoms with Crippen LogP contribution in [-0.4, -0.2) is 23.1 Å². The highest BCUT2D eigenvalue weighted by atomic mass is 16.5. The lowest BCUT2D eigenvalue weighted by Crippen LogP contribution is -2.22. The number of hydrogen-bond donors (Lipinski definition) is 1. The first kappa shape index (κ1) is 16.8. The van der Waals surface area contributed by atoms with Crippen LogP contribution in [0.15, 0.2) is 42.6 Å². The van der Waals surface area contributed by atoms with E-state index in [1.165, 1.54) is 5.56 Å². The molecular weight excluding hydrogens is 292 g/mol. The molecular formula is C18H22N2O3. The molecule has 1 aromatic carbocycles. The Kier molecular flexibility index (Phi) is 4.89. The summed E-state index contributed by atoms with van der Waals surface area (Å²) in [7, 11) is 1.74. The lowest BCUT2D eigenvalue weighted by atomic mass is 9.87. The maximum Gasteiger partial charge on any atom is 0.355 e. The minimum atomic E-state index is -0.518. The summed E-state index contributed by atoms with van der Waals surface area (Å²) in [6, 6.07) is 11.0. The number of hydrogen-bond acceptors (Lipinski definition) is 3. The fourth-order valence-electron chi connectivity index (χ4n) is 2.13. The molecule has 0 saturated carbocycles. The first-order valence-electron chi connectivity index (χ1n) is 7.46. The predicted molar refractivity (Wildman–Crippen MR) is 89.5 cm³/mol. The van der Waals surface area contributed by atoms with Crippen LogP contribution >= 0.6 is 0 Å². The number of rotatable bonds is 4. The Morgan fingerprint density at radius 1 is 1.13 bits per heavy atom. The molecule has 0 unspecified atom stereocenters. The lowest BCUT2D eigenvalue weighted by molar-refractivity contribution is -0.119. The summed E-state index contributed by atoms with van der Waals surface area (Å²) in [4.78, 5) is 23.7. The van der Waals surface area contributed by atoms with E-state index in [0.717, 1.165) is 0 Å². The van der Waals surface area contributed by atoms with Crippen LogP contribution in [0, 0.1) is 0 Å². The Morgan fingerprint density at radius 3 is 2.30 bits per heavy atom. The molecule has 0 aliphatic carbocycles. The molecule has 0 radical (unpaired) electrons. The van der Waals surface area contributed by atoms with Gasteiger partial charge in [-0.15, -0.1) is 0 Å². The van der Waals surface area contributed by atoms with Crippen LogP contribution in [0.2, 0.25) is 0 Å². The highest BCUT2D eigenvalue weighted by Gasteiger charge is 2.14. The SMILES string of the molecule is Cn1cccc1C(=O)OCC(=O)Nc1ccc(C(C)(C)C)cc1. The Balaban J connectivity index is 1.88. The van der Waals surface area contributed by atoms with E-state index in [9.17, 15) is 9.59 Å². The largest absolute Gasteiger partial charge is 0.451 e. The third kappa shape index (κ3) is 4.45. The van der Waals surface area contributed by atoms with Crippen molar-refractivity contribution in [3.05, 3.63) is 53.9 Å². The average Bonchev–Trinajstić information content (AvgIpc) is 2.90. The van der Waals surface area contributed by atoms with E-state index < -0.39 is 5.97 Å². The molecule has 0 aliphatic rings. The van der Waals surface area contributed by atoms with E-state index in [4.69, 9.17) is 4.74 Å². The van der Waals surface area contributed by atoms with Gasteiger partial charge in [-0.3, -0.25) is 4.79 Å². The van der Waals surface area contributed by atoms with Gasteiger partial charge in [0.15, 0.2) is 6.61 Å². The van der Waals surface area contributed by atoms with Gasteiger partial charge in [-0.2, -0.15) is 0 Å². The van der Waals surface area contributed by atoms with Gasteiger partial charge in [0.25, 0.3) is 5.91 Å². The van der Waals surface area contributed by atoms with Crippen LogP contribution < -0.4 is 5.32 Å². The van der Waals surface area contributed by atoms with Crippen LogP contribution in [0.4, 0.5) is 5.69 Å². The summed E-state index contributed by atoms with van der Waals surface area (Å²) in [5.41, 5.74) is 2.34. The van der Waals surface area contributed by atoms with Gasteiger partial charge in [0, 0.05) is 18.9 Å². The number of benzene rings is 1. The van der Waals surface area contributed by atoms with Crippen molar-refractivity contribution in [1.82, 2.24) is 4.57 Å². The molecule has 5 nitrogen and oxygen atoms in total. The van der Waals surface area contributed by atoms with Crippen LogP contribution in [0.3, 0.4) is 0 Å². The van der Waals surface area contributed by atoms with Gasteiger partial charge in [-0.25, -0.2) is 4.79 Å². The van der Waals surface area contributed by atoms with Crippen LogP contribution in [0.25, 0.3) is 0 Å². The number of ether oxygens (including phenoxy) is 1. The molecule has 0 bridgehead atoms. The molecule has 122 valence electrons. The second-order valence-corrected chi connectivity index (χ2v) is 6.46. The van der Waals surface area contributed by atoms with Gasteiger partial charge < -0.3 is 14.6 Å². The molecule has 0 saturated heterocycles. The topological polar surface area (TPSA) is 60.3 Å². The van der Waals surface area contributed by atoms with Gasteiger partial charge in [0.1, 0.15) is 5.69 Å². The molecule has 0 fully saturated rings. The van der Waals surface area contributed by atoms with Crippen molar-refractivity contribution in [3.8, 4) is 0 Å². The summed E-state index contributed by atoms with van der Waals surface area (Å²) in [5.74, 6) is -0.883. The minimum absolute atomic E-state index is 0.0626. The van der Waals surface area contributed by atoms with E-state index >= 15 is 0 Å². The van der Waals surface area contributed by atoms with Crippen LogP contribution in [0.5, 0.6) is 0 Å². The second-order valence-electron chi connectivity index (χ2n) is 6.46. The summed E-state index contributed by atoms with van der Waals surface area (Å²) < 4.78 is 6.65. The summed E-state index contributed by atoms with van der Waals surface area (Å²) in [6.45, 7) is 6.07. The quantitative estimate of drug-likeness (QED) is 0.882. The summed E-state index contributed by atoms with van der Waals surface area (Å²) in [5, 5.41) is 2.71. The fraction of sp³-hybridized carbons (Fsp3) is 0.333. The third-order valence-electron chi connectivity index (χ3n) is 3.52. The minimum Gasteiger partial charge on any atom is -0.451 e. The van der Waals surface area contributed by atoms with Crippen molar-refractivity contribution < 1.29 is 14.3 Å². The smallest absolute Gasteiger partial charge is 0.355 e. The molecule has 0 atom stereocenters. The normalized spacial score (nSPS) is 11.1. The van der Waals surface area contributed by atoms with Gasteiger partial charge in [0.05, 0.1) is 0 Å². The van der Waals surface area contributed by atoms with E-state index in [1.54, 1.807) is 29.9 Å². The van der Waals surface area contributed by atoms with Crippen molar-refractivity contribution in [2.45, 2.75) is 26.2 Å². The fourth-order valence-corrected chi connectivity index (χ4v) is 2.13. The summed E-state index contributed by atoms with van der Waals surface area (Å²) in [6.07, 6.45) is 1.74. The zero-order valence-corrected chi connectivity index (χ0v) is 13.9. The summed E-state index contributed by atoms with van der Waals surface area (Å²) >= 11 is 0. The maximum absolute atomic E-state index is 11.9. The van der Waals surface area contributed by atoms with Crippen LogP contribution in [-0.2, 0) is 22.0 Å². The van der Waals surface area contributed by atoms with Crippen molar-refractivity contribution in [1.29, 1.82) is 0 Å². The van der Waals surface area contributed by atoms with E-state index in [-0.39, 0.29) is 17.9 Å². The van der Waals surface area contributed by atoms with Crippen LogP contribution in [0.1, 0.15) is 36.8 Å². The van der Waals surface area contributed by atoms with Crippen molar-refractivity contribution >= 4 is 17.6 Å². The first-order chi connectivity index (χ1) is 10.8. The third-order valence-corrected chi connectivity index (χ3v) is 3.52. The van der Waals surface area contributed by atoms with Gasteiger partial charge in [-0.1, -0.05) is 32.9 Å². The second kappa shape index (κ2) is 6.69. The average molecular weight is 314 g/mol. The first-order valence-corrected chi connectivity index (χ1v) is 7.46. The molecule has 2 rings (SSSR count). The highest BCUT2D eigenvalue weighted by molar-refractivity contribution is 5.94. The zero-order chi connectivity index (χ0) is 17.0. The Hall–Kier alpha value is -2.56. The molecule has 5 heteroatoms. The Bertz CT molecular complexity index is 694. The predicted octanol–water partition coefficient (Wildman–Crippen LogP) is 3.12. The number of aromatic nitrogens is 1. The number of esters is 1. The molecule has 23 heavy (non-hydrogen) atoms. The molecule has 1 heterocycles. The Morgan fingerprint density at radius 2 is 1.78 bits per heavy atom. The number of aryl methyl sites for hydroxylation is 1. The standard InChI is InChI=1S/C18H22N2O3/c1-18(2,3)13-7-9-14(10-8-13)19-16(21)12-23-17(22)15-6-5-11-20(15)4/h5-11H,12H2,1-4H3,(H,19,21). The molecule has 1 amide bonds. The Labute approximate surface area is 136 Å². The van der Waals surface area contributed by atoms with Crippen molar-refractivity contribution in [3.63, 3.8) is 0 Å². The van der Waals surface area contributed by atoms with Crippen molar-refractivity contribution in [2.75, 3.05) is 11.9 Å². The number of anilines is 1. The molecule has 0 aliphatic heterocycles. The number of amides is 1. The number of nitrogens with zero attached hydrogens (tertiary/aromatic N) is 1. The maximum atomic E-state index is 11.9. The zero-order valence-electron chi connectivity index (χ0n) is 13.9. The highest BCUT2D eigenvalue weighted by Crippen LogP contribution is 2.23. The number of carbonyl (C=O) groups is 2. The van der Waals surface area contributed by atoms with E-state index in [2.05, 4.69) is 26.1 Å². The van der Waals surface area contributed by atoms with E-state index in [1.807, 2.05) is 24.3 Å². The number of nitrogens with one attached hydrogen (secondary N) is 1. The van der Waals surface area contributed by atoms with Crippen molar-refractivity contribution in [2.24, 2.45) is 7.05 Å². The van der Waals surface area contributed by atoms with E-state index in [0.29, 0.717) is 11.4 Å². The molecule has 1 N–H and O–H groups in total.